The number of carboxylic acids is 1. The molecule has 0 spiro atoms. The molecule has 0 saturated heterocycles. The summed E-state index contributed by atoms with van der Waals surface area (Å²) in [4.78, 5) is 19.1. The van der Waals surface area contributed by atoms with Gasteiger partial charge >= 0.3 is 5.97 Å². The van der Waals surface area contributed by atoms with Crippen LogP contribution in [-0.2, 0) is 0 Å². The van der Waals surface area contributed by atoms with Crippen LogP contribution >= 0.6 is 23.1 Å². The van der Waals surface area contributed by atoms with Gasteiger partial charge in [-0.3, -0.25) is 0 Å². The second kappa shape index (κ2) is 9.05. The Morgan fingerprint density at radius 3 is 2.69 bits per heavy atom. The highest BCUT2D eigenvalue weighted by Gasteiger charge is 2.11. The van der Waals surface area contributed by atoms with E-state index in [9.17, 15) is 9.90 Å². The van der Waals surface area contributed by atoms with E-state index in [1.54, 1.807) is 35.2 Å². The lowest BCUT2D eigenvalue weighted by Crippen LogP contribution is -2.23. The van der Waals surface area contributed by atoms with Crippen molar-refractivity contribution in [3.05, 3.63) is 54.1 Å². The molecule has 136 valence electrons. The summed E-state index contributed by atoms with van der Waals surface area (Å²) in [6.07, 6.45) is 2.10. The van der Waals surface area contributed by atoms with Crippen molar-refractivity contribution in [2.45, 2.75) is 24.7 Å². The van der Waals surface area contributed by atoms with E-state index in [0.29, 0.717) is 5.56 Å². The molecule has 0 atom stereocenters. The van der Waals surface area contributed by atoms with Crippen molar-refractivity contribution in [2.75, 3.05) is 23.7 Å². The highest BCUT2D eigenvalue weighted by Crippen LogP contribution is 2.29. The number of carbonyl (C=O) groups is 1. The predicted octanol–water partition coefficient (Wildman–Crippen LogP) is 5.39. The Morgan fingerprint density at radius 1 is 1.15 bits per heavy atom. The van der Waals surface area contributed by atoms with Gasteiger partial charge in [0.1, 0.15) is 0 Å². The number of rotatable bonds is 9. The molecule has 0 radical (unpaired) electrons. The van der Waals surface area contributed by atoms with Crippen molar-refractivity contribution >= 4 is 44.4 Å². The number of hydrogen-bond donors (Lipinski definition) is 1. The minimum Gasteiger partial charge on any atom is -0.478 e. The lowest BCUT2D eigenvalue weighted by Gasteiger charge is -2.19. The quantitative estimate of drug-likeness (QED) is 0.394. The van der Waals surface area contributed by atoms with E-state index < -0.39 is 5.97 Å². The molecule has 6 heteroatoms. The molecular formula is C20H22N2O2S2. The maximum Gasteiger partial charge on any atom is 0.336 e. The van der Waals surface area contributed by atoms with E-state index in [-0.39, 0.29) is 0 Å². The number of fused-ring (bicyclic) bond motifs is 1. The van der Waals surface area contributed by atoms with E-state index in [1.807, 2.05) is 24.3 Å². The lowest BCUT2D eigenvalue weighted by atomic mass is 10.2. The number of benzene rings is 2. The van der Waals surface area contributed by atoms with Crippen LogP contribution in [0.5, 0.6) is 0 Å². The van der Waals surface area contributed by atoms with Crippen molar-refractivity contribution in [1.82, 2.24) is 4.98 Å². The maximum absolute atomic E-state index is 11.2. The summed E-state index contributed by atoms with van der Waals surface area (Å²) in [6, 6.07) is 15.4. The number of anilines is 1. The van der Waals surface area contributed by atoms with E-state index in [2.05, 4.69) is 24.0 Å². The summed E-state index contributed by atoms with van der Waals surface area (Å²) in [5, 5.41) is 10.3. The van der Waals surface area contributed by atoms with Crippen LogP contribution < -0.4 is 4.90 Å². The first-order chi connectivity index (χ1) is 12.7. The average molecular weight is 387 g/mol. The molecule has 1 heterocycles. The number of unbranched alkanes of at least 4 members (excludes halogenated alkanes) is 1. The Hall–Kier alpha value is -2.05. The van der Waals surface area contributed by atoms with Crippen LogP contribution in [0.25, 0.3) is 10.2 Å². The topological polar surface area (TPSA) is 53.4 Å². The fraction of sp³-hybridized carbons (Fsp3) is 0.300. The number of aromatic carboxylic acids is 1. The number of hydrogen-bond acceptors (Lipinski definition) is 5. The minimum atomic E-state index is -0.860. The largest absolute Gasteiger partial charge is 0.478 e. The number of para-hydroxylation sites is 1. The zero-order chi connectivity index (χ0) is 18.4. The third-order valence-corrected chi connectivity index (χ3v) is 6.39. The normalized spacial score (nSPS) is 11.0. The zero-order valence-corrected chi connectivity index (χ0v) is 16.4. The van der Waals surface area contributed by atoms with Gasteiger partial charge in [-0.05, 0) is 49.8 Å². The van der Waals surface area contributed by atoms with Crippen LogP contribution in [0, 0.1) is 0 Å². The molecule has 0 unspecified atom stereocenters. The molecule has 2 aromatic carbocycles. The van der Waals surface area contributed by atoms with E-state index in [0.717, 1.165) is 47.2 Å². The average Bonchev–Trinajstić information content (AvgIpc) is 3.08. The number of nitrogens with zero attached hydrogens (tertiary/aromatic N) is 2. The van der Waals surface area contributed by atoms with Crippen LogP contribution in [0.2, 0.25) is 0 Å². The van der Waals surface area contributed by atoms with Crippen LogP contribution in [-0.4, -0.2) is 34.9 Å². The lowest BCUT2D eigenvalue weighted by molar-refractivity contribution is 0.0693. The summed E-state index contributed by atoms with van der Waals surface area (Å²) < 4.78 is 1.22. The van der Waals surface area contributed by atoms with E-state index >= 15 is 0 Å². The van der Waals surface area contributed by atoms with Gasteiger partial charge in [-0.2, -0.15) is 0 Å². The van der Waals surface area contributed by atoms with E-state index in [4.69, 9.17) is 4.98 Å². The van der Waals surface area contributed by atoms with Crippen LogP contribution in [0.15, 0.2) is 53.4 Å². The van der Waals surface area contributed by atoms with Crippen molar-refractivity contribution in [3.63, 3.8) is 0 Å². The molecule has 0 aliphatic carbocycles. The fourth-order valence-electron chi connectivity index (χ4n) is 2.74. The second-order valence-corrected chi connectivity index (χ2v) is 8.05. The first kappa shape index (κ1) is 18.7. The summed E-state index contributed by atoms with van der Waals surface area (Å²) in [7, 11) is 0. The molecule has 0 aliphatic heterocycles. The molecule has 0 aliphatic rings. The molecule has 1 aromatic heterocycles. The Kier molecular flexibility index (Phi) is 6.52. The smallest absolute Gasteiger partial charge is 0.336 e. The fourth-order valence-corrected chi connectivity index (χ4v) is 4.85. The second-order valence-electron chi connectivity index (χ2n) is 5.90. The van der Waals surface area contributed by atoms with Gasteiger partial charge < -0.3 is 10.0 Å². The summed E-state index contributed by atoms with van der Waals surface area (Å²) in [5.74, 6) is 0.0582. The van der Waals surface area contributed by atoms with E-state index in [1.165, 1.54) is 4.70 Å². The number of aromatic nitrogens is 1. The summed E-state index contributed by atoms with van der Waals surface area (Å²) in [5.41, 5.74) is 1.45. The highest BCUT2D eigenvalue weighted by atomic mass is 32.2. The highest BCUT2D eigenvalue weighted by molar-refractivity contribution is 7.99. The van der Waals surface area contributed by atoms with Gasteiger partial charge in [0.15, 0.2) is 5.13 Å². The molecule has 3 rings (SSSR count). The molecule has 0 saturated carbocycles. The van der Waals surface area contributed by atoms with Crippen molar-refractivity contribution in [2.24, 2.45) is 0 Å². The predicted molar refractivity (Wildman–Crippen MR) is 111 cm³/mol. The first-order valence-electron chi connectivity index (χ1n) is 8.74. The van der Waals surface area contributed by atoms with Gasteiger partial charge in [0.2, 0.25) is 0 Å². The number of carboxylic acid groups (broad SMARTS) is 1. The van der Waals surface area contributed by atoms with Crippen molar-refractivity contribution < 1.29 is 9.90 Å². The van der Waals surface area contributed by atoms with Crippen LogP contribution in [0.3, 0.4) is 0 Å². The maximum atomic E-state index is 11.2. The van der Waals surface area contributed by atoms with Gasteiger partial charge in [0, 0.05) is 18.0 Å². The standard InChI is InChI=1S/C20H22N2O2S2/c1-2-22(20-21-16-10-4-6-12-18(16)26-20)13-7-8-14-25-17-11-5-3-9-15(17)19(23)24/h3-6,9-12H,2,7-8,13-14H2,1H3,(H,23,24). The van der Waals surface area contributed by atoms with Gasteiger partial charge in [0.05, 0.1) is 15.8 Å². The van der Waals surface area contributed by atoms with Crippen LogP contribution in [0.1, 0.15) is 30.1 Å². The molecule has 4 nitrogen and oxygen atoms in total. The van der Waals surface area contributed by atoms with Crippen molar-refractivity contribution in [3.8, 4) is 0 Å². The molecule has 0 bridgehead atoms. The third-order valence-electron chi connectivity index (χ3n) is 4.13. The Bertz CT molecular complexity index is 846. The minimum absolute atomic E-state index is 0.391. The van der Waals surface area contributed by atoms with Gasteiger partial charge in [-0.1, -0.05) is 35.6 Å². The monoisotopic (exact) mass is 386 g/mol. The first-order valence-corrected chi connectivity index (χ1v) is 10.5. The van der Waals surface area contributed by atoms with Gasteiger partial charge in [-0.25, -0.2) is 9.78 Å². The molecule has 26 heavy (non-hydrogen) atoms. The molecule has 0 fully saturated rings. The van der Waals surface area contributed by atoms with Gasteiger partial charge in [-0.15, -0.1) is 11.8 Å². The molecule has 3 aromatic rings. The molecule has 1 N–H and O–H groups in total. The zero-order valence-electron chi connectivity index (χ0n) is 14.7. The number of thiazole rings is 1. The van der Waals surface area contributed by atoms with Gasteiger partial charge in [0.25, 0.3) is 0 Å². The van der Waals surface area contributed by atoms with Crippen LogP contribution in [0.4, 0.5) is 5.13 Å². The third kappa shape index (κ3) is 4.56. The van der Waals surface area contributed by atoms with Crippen molar-refractivity contribution in [1.29, 1.82) is 0 Å². The molecular weight excluding hydrogens is 364 g/mol. The Labute approximate surface area is 161 Å². The summed E-state index contributed by atoms with van der Waals surface area (Å²) >= 11 is 3.36. The Balaban J connectivity index is 1.50. The number of thioether (sulfide) groups is 1. The molecule has 0 amide bonds. The summed E-state index contributed by atoms with van der Waals surface area (Å²) in [6.45, 7) is 4.07. The Morgan fingerprint density at radius 2 is 1.92 bits per heavy atom. The SMILES string of the molecule is CCN(CCCCSc1ccccc1C(=O)O)c1nc2ccccc2s1.